The van der Waals surface area contributed by atoms with Crippen molar-refractivity contribution >= 4 is 31.9 Å². The third-order valence-electron chi connectivity index (χ3n) is 1.49. The van der Waals surface area contributed by atoms with Crippen LogP contribution in [0.2, 0.25) is 0 Å². The van der Waals surface area contributed by atoms with Gasteiger partial charge >= 0.3 is 0 Å². The molecule has 0 aromatic heterocycles. The molecule has 66 valence electrons. The summed E-state index contributed by atoms with van der Waals surface area (Å²) in [4.78, 5) is 0. The normalized spacial score (nSPS) is 9.92. The lowest BCUT2D eigenvalue weighted by atomic mass is 10.2. The molecule has 0 fully saturated rings. The second-order valence-corrected chi connectivity index (χ2v) is 4.01. The predicted octanol–water partition coefficient (Wildman–Crippen LogP) is 3.53. The first-order chi connectivity index (χ1) is 5.75. The molecule has 0 aliphatic rings. The second kappa shape index (κ2) is 4.87. The second-order valence-electron chi connectivity index (χ2n) is 2.42. The van der Waals surface area contributed by atoms with Crippen molar-refractivity contribution in [1.82, 2.24) is 0 Å². The molecule has 0 saturated heterocycles. The van der Waals surface area contributed by atoms with Gasteiger partial charge in [-0.2, -0.15) is 0 Å². The van der Waals surface area contributed by atoms with Crippen molar-refractivity contribution in [3.63, 3.8) is 0 Å². The standard InChI is InChI=1S/C9H10Br2O/c1-7-3-2-4-8(9(7)11)12-6-5-10/h2-4H,5-6H2,1H3. The average Bonchev–Trinajstić information content (AvgIpc) is 2.08. The van der Waals surface area contributed by atoms with E-state index in [1.807, 2.05) is 25.1 Å². The first-order valence-electron chi connectivity index (χ1n) is 3.69. The molecule has 0 heterocycles. The molecule has 1 nitrogen and oxygen atoms in total. The van der Waals surface area contributed by atoms with E-state index in [-0.39, 0.29) is 0 Å². The SMILES string of the molecule is Cc1cccc(OCCBr)c1Br. The fraction of sp³-hybridized carbons (Fsp3) is 0.333. The van der Waals surface area contributed by atoms with Crippen LogP contribution in [0.3, 0.4) is 0 Å². The first kappa shape index (κ1) is 10.1. The average molecular weight is 294 g/mol. The number of hydrogen-bond acceptors (Lipinski definition) is 1. The molecule has 3 heteroatoms. The Morgan fingerprint density at radius 2 is 2.17 bits per heavy atom. The van der Waals surface area contributed by atoms with Crippen LogP contribution in [-0.4, -0.2) is 11.9 Å². The summed E-state index contributed by atoms with van der Waals surface area (Å²) in [6.45, 7) is 2.74. The maximum atomic E-state index is 5.47. The highest BCUT2D eigenvalue weighted by Crippen LogP contribution is 2.27. The van der Waals surface area contributed by atoms with Crippen molar-refractivity contribution in [1.29, 1.82) is 0 Å². The van der Waals surface area contributed by atoms with Gasteiger partial charge in [0.2, 0.25) is 0 Å². The van der Waals surface area contributed by atoms with Crippen LogP contribution in [0.25, 0.3) is 0 Å². The van der Waals surface area contributed by atoms with Gasteiger partial charge in [0.15, 0.2) is 0 Å². The van der Waals surface area contributed by atoms with Crippen molar-refractivity contribution < 1.29 is 4.74 Å². The van der Waals surface area contributed by atoms with Gasteiger partial charge in [0, 0.05) is 5.33 Å². The zero-order valence-corrected chi connectivity index (χ0v) is 9.98. The largest absolute Gasteiger partial charge is 0.492 e. The lowest BCUT2D eigenvalue weighted by molar-refractivity contribution is 0.342. The van der Waals surface area contributed by atoms with Crippen molar-refractivity contribution in [3.05, 3.63) is 28.2 Å². The number of hydrogen-bond donors (Lipinski definition) is 0. The molecule has 0 N–H and O–H groups in total. The number of benzene rings is 1. The highest BCUT2D eigenvalue weighted by atomic mass is 79.9. The third kappa shape index (κ3) is 2.49. The summed E-state index contributed by atoms with van der Waals surface area (Å²) in [5, 5.41) is 0.855. The minimum atomic E-state index is 0.696. The van der Waals surface area contributed by atoms with Crippen LogP contribution in [0.5, 0.6) is 5.75 Å². The molecule has 0 bridgehead atoms. The van der Waals surface area contributed by atoms with Gasteiger partial charge in [0.1, 0.15) is 5.75 Å². The van der Waals surface area contributed by atoms with Crippen LogP contribution in [0.4, 0.5) is 0 Å². The maximum absolute atomic E-state index is 5.47. The van der Waals surface area contributed by atoms with Gasteiger partial charge in [-0.3, -0.25) is 0 Å². The molecule has 0 saturated carbocycles. The van der Waals surface area contributed by atoms with Crippen molar-refractivity contribution in [2.24, 2.45) is 0 Å². The Labute approximate surface area is 89.4 Å². The topological polar surface area (TPSA) is 9.23 Å². The minimum Gasteiger partial charge on any atom is -0.492 e. The van der Waals surface area contributed by atoms with E-state index in [9.17, 15) is 0 Å². The van der Waals surface area contributed by atoms with E-state index in [0.717, 1.165) is 15.6 Å². The van der Waals surface area contributed by atoms with Crippen LogP contribution in [0, 0.1) is 6.92 Å². The summed E-state index contributed by atoms with van der Waals surface area (Å²) in [6.07, 6.45) is 0. The molecule has 0 aliphatic carbocycles. The third-order valence-corrected chi connectivity index (χ3v) is 2.83. The van der Waals surface area contributed by atoms with Crippen LogP contribution in [0.1, 0.15) is 5.56 Å². The number of alkyl halides is 1. The van der Waals surface area contributed by atoms with Gasteiger partial charge < -0.3 is 4.74 Å². The molecule has 0 spiro atoms. The fourth-order valence-electron chi connectivity index (χ4n) is 0.881. The Bertz CT molecular complexity index is 261. The number of aryl methyl sites for hydroxylation is 1. The summed E-state index contributed by atoms with van der Waals surface area (Å²) < 4.78 is 6.52. The Balaban J connectivity index is 2.78. The zero-order valence-electron chi connectivity index (χ0n) is 6.81. The van der Waals surface area contributed by atoms with Crippen molar-refractivity contribution in [2.45, 2.75) is 6.92 Å². The molecule has 12 heavy (non-hydrogen) atoms. The van der Waals surface area contributed by atoms with Gasteiger partial charge in [-0.1, -0.05) is 28.1 Å². The fourth-order valence-corrected chi connectivity index (χ4v) is 1.42. The Morgan fingerprint density at radius 1 is 1.42 bits per heavy atom. The monoisotopic (exact) mass is 292 g/mol. The molecule has 1 rings (SSSR count). The molecule has 1 aromatic rings. The lowest BCUT2D eigenvalue weighted by Gasteiger charge is -2.07. The maximum Gasteiger partial charge on any atom is 0.133 e. The lowest BCUT2D eigenvalue weighted by Crippen LogP contribution is -1.98. The van der Waals surface area contributed by atoms with E-state index < -0.39 is 0 Å². The highest BCUT2D eigenvalue weighted by molar-refractivity contribution is 9.10. The summed E-state index contributed by atoms with van der Waals surface area (Å²) >= 11 is 6.78. The Hall–Kier alpha value is -0.0200. The predicted molar refractivity (Wildman–Crippen MR) is 58.2 cm³/mol. The van der Waals surface area contributed by atoms with Crippen molar-refractivity contribution in [3.8, 4) is 5.75 Å². The first-order valence-corrected chi connectivity index (χ1v) is 5.61. The number of ether oxygens (including phenoxy) is 1. The summed E-state index contributed by atoms with van der Waals surface area (Å²) in [5.41, 5.74) is 1.20. The molecule has 0 aliphatic heterocycles. The molecule has 0 unspecified atom stereocenters. The van der Waals surface area contributed by atoms with Gasteiger partial charge in [-0.25, -0.2) is 0 Å². The van der Waals surface area contributed by atoms with Crippen molar-refractivity contribution in [2.75, 3.05) is 11.9 Å². The zero-order chi connectivity index (χ0) is 8.97. The van der Waals surface area contributed by atoms with Gasteiger partial charge in [-0.15, -0.1) is 0 Å². The van der Waals surface area contributed by atoms with E-state index in [1.165, 1.54) is 5.56 Å². The van der Waals surface area contributed by atoms with E-state index in [4.69, 9.17) is 4.74 Å². The number of halogens is 2. The number of rotatable bonds is 3. The van der Waals surface area contributed by atoms with E-state index in [0.29, 0.717) is 6.61 Å². The quantitative estimate of drug-likeness (QED) is 0.775. The minimum absolute atomic E-state index is 0.696. The van der Waals surface area contributed by atoms with Crippen LogP contribution < -0.4 is 4.74 Å². The van der Waals surface area contributed by atoms with E-state index in [1.54, 1.807) is 0 Å². The van der Waals surface area contributed by atoms with Gasteiger partial charge in [0.05, 0.1) is 11.1 Å². The van der Waals surface area contributed by atoms with Crippen LogP contribution in [-0.2, 0) is 0 Å². The molecular weight excluding hydrogens is 284 g/mol. The Morgan fingerprint density at radius 3 is 2.83 bits per heavy atom. The smallest absolute Gasteiger partial charge is 0.133 e. The van der Waals surface area contributed by atoms with Gasteiger partial charge in [0.25, 0.3) is 0 Å². The van der Waals surface area contributed by atoms with Crippen LogP contribution in [0.15, 0.2) is 22.7 Å². The van der Waals surface area contributed by atoms with E-state index >= 15 is 0 Å². The summed E-state index contributed by atoms with van der Waals surface area (Å²) in [6, 6.07) is 5.99. The molecular formula is C9H10Br2O. The Kier molecular flexibility index (Phi) is 4.09. The van der Waals surface area contributed by atoms with Crippen LogP contribution >= 0.6 is 31.9 Å². The molecule has 0 radical (unpaired) electrons. The molecule has 1 aromatic carbocycles. The van der Waals surface area contributed by atoms with E-state index in [2.05, 4.69) is 31.9 Å². The summed E-state index contributed by atoms with van der Waals surface area (Å²) in [7, 11) is 0. The van der Waals surface area contributed by atoms with Gasteiger partial charge in [-0.05, 0) is 34.5 Å². The molecule has 0 amide bonds. The summed E-state index contributed by atoms with van der Waals surface area (Å²) in [5.74, 6) is 0.912. The highest BCUT2D eigenvalue weighted by Gasteiger charge is 2.01. The molecule has 0 atom stereocenters.